The molecule has 5 aromatic rings. The minimum absolute atomic E-state index is 0.0634. The van der Waals surface area contributed by atoms with Gasteiger partial charge in [0.15, 0.2) is 0 Å². The Morgan fingerprint density at radius 2 is 1.34 bits per heavy atom. The quantitative estimate of drug-likeness (QED) is 0.0454. The molecular formula is C34H32N9O4+. The van der Waals surface area contributed by atoms with Crippen LogP contribution in [0.2, 0.25) is 0 Å². The molecule has 13 nitrogen and oxygen atoms in total. The van der Waals surface area contributed by atoms with Crippen molar-refractivity contribution in [3.05, 3.63) is 153 Å². The molecule has 0 spiro atoms. The van der Waals surface area contributed by atoms with E-state index in [2.05, 4.69) is 61.5 Å². The molecule has 4 aromatic carbocycles. The van der Waals surface area contributed by atoms with Crippen LogP contribution >= 0.6 is 0 Å². The third-order valence-electron chi connectivity index (χ3n) is 7.29. The summed E-state index contributed by atoms with van der Waals surface area (Å²) in [5.41, 5.74) is 4.71. The molecule has 0 fully saturated rings. The highest BCUT2D eigenvalue weighted by Crippen LogP contribution is 2.23. The molecular weight excluding hydrogens is 598 g/mol. The number of benzene rings is 4. The molecule has 0 atom stereocenters. The van der Waals surface area contributed by atoms with E-state index >= 15 is 0 Å². The summed E-state index contributed by atoms with van der Waals surface area (Å²) >= 11 is 0. The third-order valence-corrected chi connectivity index (χ3v) is 7.29. The van der Waals surface area contributed by atoms with Crippen molar-refractivity contribution in [3.8, 4) is 0 Å². The first kappa shape index (κ1) is 32.0. The molecule has 13 heteroatoms. The van der Waals surface area contributed by atoms with Crippen LogP contribution in [-0.4, -0.2) is 39.4 Å². The summed E-state index contributed by atoms with van der Waals surface area (Å²) in [5.74, 6) is 0. The van der Waals surface area contributed by atoms with Gasteiger partial charge in [0.25, 0.3) is 11.4 Å². The van der Waals surface area contributed by atoms with Crippen molar-refractivity contribution in [1.29, 1.82) is 0 Å². The van der Waals surface area contributed by atoms with E-state index in [1.807, 2.05) is 54.2 Å². The van der Waals surface area contributed by atoms with Crippen molar-refractivity contribution in [2.45, 2.75) is 13.5 Å². The van der Waals surface area contributed by atoms with Gasteiger partial charge < -0.3 is 4.90 Å². The molecule has 0 aliphatic carbocycles. The van der Waals surface area contributed by atoms with Crippen molar-refractivity contribution in [1.82, 2.24) is 4.57 Å². The summed E-state index contributed by atoms with van der Waals surface area (Å²) in [6.07, 6.45) is 7.72. The van der Waals surface area contributed by atoms with Crippen molar-refractivity contribution < 1.29 is 14.4 Å². The Bertz CT molecular complexity index is 1860. The highest BCUT2D eigenvalue weighted by molar-refractivity contribution is 6.13. The number of nitro benzene ring substituents is 2. The van der Waals surface area contributed by atoms with Crippen molar-refractivity contribution >= 4 is 40.4 Å². The highest BCUT2D eigenvalue weighted by atomic mass is 16.6. The maximum Gasteiger partial charge on any atom is 0.269 e. The molecule has 0 aliphatic heterocycles. The zero-order valence-corrected chi connectivity index (χ0v) is 25.8. The smallest absolute Gasteiger partial charge is 0.269 e. The average Bonchev–Trinajstić information content (AvgIpc) is 3.52. The number of hydrogen-bond acceptors (Lipinski definition) is 9. The molecule has 0 saturated heterocycles. The second-order valence-corrected chi connectivity index (χ2v) is 10.5. The Balaban J connectivity index is 1.25. The number of aromatic nitrogens is 2. The van der Waals surface area contributed by atoms with E-state index < -0.39 is 9.85 Å². The molecule has 0 bridgehead atoms. The SMILES string of the molecule is CCN(CC[n+]1ccn(C)c1)c1ccc(N=Nc2ccc(/C=N/N=C(c3ccc([N+](=O)[O-])cc3)c3ccc([N+](=O)[O-])cc3)cc2)cc1. The number of anilines is 1. The molecule has 5 rings (SSSR count). The predicted octanol–water partition coefficient (Wildman–Crippen LogP) is 6.94. The Labute approximate surface area is 270 Å². The average molecular weight is 631 g/mol. The van der Waals surface area contributed by atoms with Crippen molar-refractivity contribution in [3.63, 3.8) is 0 Å². The number of hydrogen-bond donors (Lipinski definition) is 0. The first-order valence-corrected chi connectivity index (χ1v) is 14.8. The predicted molar refractivity (Wildman–Crippen MR) is 180 cm³/mol. The van der Waals surface area contributed by atoms with E-state index in [-0.39, 0.29) is 11.4 Å². The maximum atomic E-state index is 11.1. The van der Waals surface area contributed by atoms with Crippen LogP contribution < -0.4 is 9.47 Å². The lowest BCUT2D eigenvalue weighted by atomic mass is 10.0. The molecule has 1 aromatic heterocycles. The number of non-ortho nitro benzene ring substituents is 2. The second-order valence-electron chi connectivity index (χ2n) is 10.5. The van der Waals surface area contributed by atoms with Crippen LogP contribution in [0.5, 0.6) is 0 Å². The lowest BCUT2D eigenvalue weighted by molar-refractivity contribution is -0.693. The van der Waals surface area contributed by atoms with E-state index in [0.29, 0.717) is 22.5 Å². The number of imidazole rings is 1. The van der Waals surface area contributed by atoms with Crippen LogP contribution in [0, 0.1) is 20.2 Å². The van der Waals surface area contributed by atoms with E-state index in [4.69, 9.17) is 0 Å². The second kappa shape index (κ2) is 15.1. The molecule has 0 aliphatic rings. The lowest BCUT2D eigenvalue weighted by Gasteiger charge is -2.22. The molecule has 0 radical (unpaired) electrons. The number of rotatable bonds is 13. The van der Waals surface area contributed by atoms with E-state index in [9.17, 15) is 20.2 Å². The molecule has 47 heavy (non-hydrogen) atoms. The summed E-state index contributed by atoms with van der Waals surface area (Å²) in [6.45, 7) is 4.82. The van der Waals surface area contributed by atoms with Gasteiger partial charge in [-0.1, -0.05) is 12.1 Å². The number of aryl methyl sites for hydroxylation is 1. The Kier molecular flexibility index (Phi) is 10.3. The number of likely N-dealkylation sites (N-methyl/N-ethyl adjacent to an activating group) is 1. The van der Waals surface area contributed by atoms with Gasteiger partial charge in [0.2, 0.25) is 6.33 Å². The first-order chi connectivity index (χ1) is 22.8. The maximum absolute atomic E-state index is 11.1. The largest absolute Gasteiger partial charge is 0.368 e. The standard InChI is InChI=1S/C34H32N9O4/c1-3-41(23-22-40-21-20-39(2)25-40)31-18-12-30(13-19-31)37-36-29-10-4-26(5-11-29)24-35-38-34(27-6-14-32(15-7-27)42(44)45)28-8-16-33(17-9-28)43(46)47/h4-21,24-25H,3,22-23H2,1-2H3/q+1/b35-24+,37-36?. The molecule has 236 valence electrons. The fourth-order valence-corrected chi connectivity index (χ4v) is 4.73. The van der Waals surface area contributed by atoms with Crippen LogP contribution in [0.3, 0.4) is 0 Å². The zero-order chi connectivity index (χ0) is 33.2. The van der Waals surface area contributed by atoms with E-state index in [0.717, 1.165) is 36.6 Å². The van der Waals surface area contributed by atoms with Gasteiger partial charge in [0, 0.05) is 47.6 Å². The molecule has 0 amide bonds. The van der Waals surface area contributed by atoms with Gasteiger partial charge in [-0.2, -0.15) is 15.3 Å². The van der Waals surface area contributed by atoms with Gasteiger partial charge in [-0.05, 0) is 73.2 Å². The zero-order valence-electron chi connectivity index (χ0n) is 25.8. The monoisotopic (exact) mass is 630 g/mol. The summed E-state index contributed by atoms with van der Waals surface area (Å²) < 4.78 is 4.19. The molecule has 1 heterocycles. The highest BCUT2D eigenvalue weighted by Gasteiger charge is 2.13. The Hall–Kier alpha value is -6.37. The van der Waals surface area contributed by atoms with Gasteiger partial charge in [0.1, 0.15) is 24.7 Å². The molecule has 0 saturated carbocycles. The van der Waals surface area contributed by atoms with Crippen LogP contribution in [0.25, 0.3) is 0 Å². The first-order valence-electron chi connectivity index (χ1n) is 14.8. The summed E-state index contributed by atoms with van der Waals surface area (Å²) in [6, 6.07) is 27.0. The third kappa shape index (κ3) is 8.63. The normalized spacial score (nSPS) is 11.2. The van der Waals surface area contributed by atoms with Gasteiger partial charge in [-0.25, -0.2) is 9.13 Å². The van der Waals surface area contributed by atoms with E-state index in [1.165, 1.54) is 24.3 Å². The summed E-state index contributed by atoms with van der Waals surface area (Å²) in [7, 11) is 2.01. The lowest BCUT2D eigenvalue weighted by Crippen LogP contribution is -2.39. The van der Waals surface area contributed by atoms with Gasteiger partial charge in [-0.3, -0.25) is 20.2 Å². The van der Waals surface area contributed by atoms with Crippen LogP contribution in [0.15, 0.2) is 136 Å². The Morgan fingerprint density at radius 1 is 0.809 bits per heavy atom. The summed E-state index contributed by atoms with van der Waals surface area (Å²) in [4.78, 5) is 23.5. The minimum atomic E-state index is -0.488. The van der Waals surface area contributed by atoms with Crippen LogP contribution in [-0.2, 0) is 13.6 Å². The van der Waals surface area contributed by atoms with Gasteiger partial charge in [-0.15, -0.1) is 5.10 Å². The summed E-state index contributed by atoms with van der Waals surface area (Å²) in [5, 5.41) is 39.5. The van der Waals surface area contributed by atoms with Gasteiger partial charge in [0.05, 0.1) is 41.0 Å². The van der Waals surface area contributed by atoms with Gasteiger partial charge >= 0.3 is 0 Å². The number of nitrogens with zero attached hydrogens (tertiary/aromatic N) is 9. The van der Waals surface area contributed by atoms with Crippen LogP contribution in [0.4, 0.5) is 28.4 Å². The Morgan fingerprint density at radius 3 is 1.81 bits per heavy atom. The molecule has 0 N–H and O–H groups in total. The minimum Gasteiger partial charge on any atom is -0.368 e. The van der Waals surface area contributed by atoms with Crippen LogP contribution in [0.1, 0.15) is 23.6 Å². The topological polar surface area (TPSA) is 148 Å². The number of nitro groups is 2. The fourth-order valence-electron chi connectivity index (χ4n) is 4.73. The van der Waals surface area contributed by atoms with Crippen molar-refractivity contribution in [2.24, 2.45) is 27.5 Å². The van der Waals surface area contributed by atoms with Crippen molar-refractivity contribution in [2.75, 3.05) is 18.0 Å². The molecule has 0 unspecified atom stereocenters. The van der Waals surface area contributed by atoms with E-state index in [1.54, 1.807) is 30.5 Å². The number of azo groups is 1. The fraction of sp³-hybridized carbons (Fsp3) is 0.147.